The van der Waals surface area contributed by atoms with Crippen LogP contribution in [0.15, 0.2) is 23.1 Å². The Hall–Kier alpha value is -1.58. The van der Waals surface area contributed by atoms with Gasteiger partial charge in [0.2, 0.25) is 0 Å². The third kappa shape index (κ3) is 1.37. The highest BCUT2D eigenvalue weighted by Crippen LogP contribution is 2.15. The highest BCUT2D eigenvalue weighted by molar-refractivity contribution is 5.74. The molecule has 0 aliphatic rings. The van der Waals surface area contributed by atoms with Gasteiger partial charge in [-0.1, -0.05) is 0 Å². The molecule has 2 aromatic heterocycles. The highest BCUT2D eigenvalue weighted by Gasteiger charge is 2.21. The summed E-state index contributed by atoms with van der Waals surface area (Å²) in [5.74, 6) is 0. The maximum absolute atomic E-state index is 12.1. The van der Waals surface area contributed by atoms with E-state index < -0.39 is 0 Å². The number of rotatable bonds is 0. The van der Waals surface area contributed by atoms with E-state index in [1.807, 2.05) is 38.6 Å². The van der Waals surface area contributed by atoms with Gasteiger partial charge in [0.25, 0.3) is 5.56 Å². The van der Waals surface area contributed by atoms with Crippen molar-refractivity contribution in [1.29, 1.82) is 0 Å². The molecule has 4 heteroatoms. The van der Waals surface area contributed by atoms with Crippen LogP contribution in [0.25, 0.3) is 11.0 Å². The maximum atomic E-state index is 12.1. The van der Waals surface area contributed by atoms with Crippen LogP contribution in [-0.2, 0) is 12.6 Å². The van der Waals surface area contributed by atoms with Crippen LogP contribution >= 0.6 is 0 Å². The molecule has 0 aromatic carbocycles. The summed E-state index contributed by atoms with van der Waals surface area (Å²) in [6.07, 6.45) is 1.70. The Labute approximate surface area is 88.1 Å². The summed E-state index contributed by atoms with van der Waals surface area (Å²) in [5.41, 5.74) is 0.525. The average molecular weight is 205 g/mol. The SMILES string of the molecule is Cn1c2ncccc2c(=O)n1C(C)(C)C. The van der Waals surface area contributed by atoms with E-state index in [1.165, 1.54) is 0 Å². The second-order valence-electron chi connectivity index (χ2n) is 4.69. The Bertz CT molecular complexity index is 557. The summed E-state index contributed by atoms with van der Waals surface area (Å²) < 4.78 is 3.54. The van der Waals surface area contributed by atoms with Gasteiger partial charge in [0.15, 0.2) is 5.65 Å². The summed E-state index contributed by atoms with van der Waals surface area (Å²) >= 11 is 0. The third-order valence-electron chi connectivity index (χ3n) is 2.45. The first-order chi connectivity index (χ1) is 6.93. The fourth-order valence-corrected chi connectivity index (χ4v) is 1.92. The van der Waals surface area contributed by atoms with Crippen LogP contribution in [0.2, 0.25) is 0 Å². The molecule has 0 amide bonds. The summed E-state index contributed by atoms with van der Waals surface area (Å²) in [7, 11) is 1.86. The van der Waals surface area contributed by atoms with Gasteiger partial charge in [0.05, 0.1) is 10.9 Å². The molecule has 0 radical (unpaired) electrons. The van der Waals surface area contributed by atoms with Crippen LogP contribution in [0.1, 0.15) is 20.8 Å². The lowest BCUT2D eigenvalue weighted by Crippen LogP contribution is -2.35. The largest absolute Gasteiger partial charge is 0.276 e. The van der Waals surface area contributed by atoms with Crippen molar-refractivity contribution in [2.24, 2.45) is 7.05 Å². The second-order valence-corrected chi connectivity index (χ2v) is 4.69. The predicted octanol–water partition coefficient (Wildman–Crippen LogP) is 1.49. The molecule has 0 unspecified atom stereocenters. The molecule has 80 valence electrons. The Morgan fingerprint density at radius 3 is 2.53 bits per heavy atom. The first-order valence-corrected chi connectivity index (χ1v) is 4.96. The predicted molar refractivity (Wildman–Crippen MR) is 60.0 cm³/mol. The van der Waals surface area contributed by atoms with Gasteiger partial charge in [-0.05, 0) is 32.9 Å². The first kappa shape index (κ1) is 9.96. The molecule has 0 saturated carbocycles. The van der Waals surface area contributed by atoms with Crippen molar-refractivity contribution in [3.63, 3.8) is 0 Å². The molecule has 0 aliphatic carbocycles. The Balaban J connectivity index is 2.94. The Morgan fingerprint density at radius 1 is 1.33 bits per heavy atom. The normalized spacial score (nSPS) is 12.3. The van der Waals surface area contributed by atoms with E-state index >= 15 is 0 Å². The number of aromatic nitrogens is 3. The van der Waals surface area contributed by atoms with Crippen molar-refractivity contribution in [3.8, 4) is 0 Å². The lowest BCUT2D eigenvalue weighted by atomic mass is 10.1. The van der Waals surface area contributed by atoms with Crippen LogP contribution < -0.4 is 5.56 Å². The third-order valence-corrected chi connectivity index (χ3v) is 2.45. The lowest BCUT2D eigenvalue weighted by Gasteiger charge is -2.22. The number of pyridine rings is 1. The van der Waals surface area contributed by atoms with Gasteiger partial charge in [-0.3, -0.25) is 9.48 Å². The van der Waals surface area contributed by atoms with Crippen molar-refractivity contribution < 1.29 is 0 Å². The molecule has 2 aromatic rings. The fraction of sp³-hybridized carbons (Fsp3) is 0.455. The Kier molecular flexibility index (Phi) is 1.96. The van der Waals surface area contributed by atoms with Crippen LogP contribution in [0.3, 0.4) is 0 Å². The molecule has 4 nitrogen and oxygen atoms in total. The molecule has 2 heterocycles. The minimum atomic E-state index is -0.230. The number of hydrogen-bond acceptors (Lipinski definition) is 2. The standard InChI is InChI=1S/C11H15N3O/c1-11(2,3)14-10(15)8-6-5-7-12-9(8)13(14)4/h5-7H,1-4H3. The zero-order valence-electron chi connectivity index (χ0n) is 9.48. The first-order valence-electron chi connectivity index (χ1n) is 4.96. The zero-order valence-corrected chi connectivity index (χ0v) is 9.48. The fourth-order valence-electron chi connectivity index (χ4n) is 1.92. The molecule has 0 N–H and O–H groups in total. The van der Waals surface area contributed by atoms with Crippen molar-refractivity contribution in [1.82, 2.24) is 14.3 Å². The Morgan fingerprint density at radius 2 is 2.00 bits per heavy atom. The van der Waals surface area contributed by atoms with Gasteiger partial charge in [-0.25, -0.2) is 9.67 Å². The topological polar surface area (TPSA) is 39.8 Å². The molecule has 0 atom stereocenters. The van der Waals surface area contributed by atoms with Crippen LogP contribution in [-0.4, -0.2) is 14.3 Å². The van der Waals surface area contributed by atoms with Crippen molar-refractivity contribution in [2.75, 3.05) is 0 Å². The molecule has 0 spiro atoms. The molecule has 0 saturated heterocycles. The van der Waals surface area contributed by atoms with E-state index in [9.17, 15) is 4.79 Å². The molecular weight excluding hydrogens is 190 g/mol. The van der Waals surface area contributed by atoms with Gasteiger partial charge < -0.3 is 0 Å². The minimum Gasteiger partial charge on any atom is -0.267 e. The van der Waals surface area contributed by atoms with E-state index in [1.54, 1.807) is 16.9 Å². The maximum Gasteiger partial charge on any atom is 0.276 e. The summed E-state index contributed by atoms with van der Waals surface area (Å²) in [6.45, 7) is 6.02. The summed E-state index contributed by atoms with van der Waals surface area (Å²) in [6, 6.07) is 3.60. The van der Waals surface area contributed by atoms with Crippen molar-refractivity contribution in [3.05, 3.63) is 28.7 Å². The van der Waals surface area contributed by atoms with Crippen LogP contribution in [0.5, 0.6) is 0 Å². The quantitative estimate of drug-likeness (QED) is 0.653. The number of nitrogens with zero attached hydrogens (tertiary/aromatic N) is 3. The van der Waals surface area contributed by atoms with E-state index in [0.717, 1.165) is 5.65 Å². The van der Waals surface area contributed by atoms with Gasteiger partial charge in [-0.2, -0.15) is 0 Å². The van der Waals surface area contributed by atoms with Crippen LogP contribution in [0, 0.1) is 0 Å². The minimum absolute atomic E-state index is 0.0214. The molecular formula is C11H15N3O. The molecule has 2 rings (SSSR count). The van der Waals surface area contributed by atoms with Crippen molar-refractivity contribution in [2.45, 2.75) is 26.3 Å². The lowest BCUT2D eigenvalue weighted by molar-refractivity contribution is 0.306. The molecule has 0 fully saturated rings. The highest BCUT2D eigenvalue weighted by atomic mass is 16.1. The summed E-state index contributed by atoms with van der Waals surface area (Å²) in [4.78, 5) is 16.3. The van der Waals surface area contributed by atoms with E-state index in [2.05, 4.69) is 4.98 Å². The van der Waals surface area contributed by atoms with Gasteiger partial charge in [-0.15, -0.1) is 0 Å². The molecule has 0 bridgehead atoms. The zero-order chi connectivity index (χ0) is 11.2. The number of fused-ring (bicyclic) bond motifs is 1. The van der Waals surface area contributed by atoms with Crippen molar-refractivity contribution >= 4 is 11.0 Å². The monoisotopic (exact) mass is 205 g/mol. The van der Waals surface area contributed by atoms with E-state index in [4.69, 9.17) is 0 Å². The summed E-state index contributed by atoms with van der Waals surface area (Å²) in [5, 5.41) is 0.676. The smallest absolute Gasteiger partial charge is 0.267 e. The van der Waals surface area contributed by atoms with Crippen LogP contribution in [0.4, 0.5) is 0 Å². The molecule has 15 heavy (non-hydrogen) atoms. The van der Waals surface area contributed by atoms with Gasteiger partial charge >= 0.3 is 0 Å². The second kappa shape index (κ2) is 2.95. The van der Waals surface area contributed by atoms with E-state index in [0.29, 0.717) is 5.39 Å². The van der Waals surface area contributed by atoms with Gasteiger partial charge in [0.1, 0.15) is 0 Å². The van der Waals surface area contributed by atoms with E-state index in [-0.39, 0.29) is 11.1 Å². The average Bonchev–Trinajstić information content (AvgIpc) is 2.39. The number of aryl methyl sites for hydroxylation is 1. The number of hydrogen-bond donors (Lipinski definition) is 0. The van der Waals surface area contributed by atoms with Gasteiger partial charge in [0, 0.05) is 13.2 Å². The molecule has 0 aliphatic heterocycles.